The van der Waals surface area contributed by atoms with Crippen LogP contribution in [0.25, 0.3) is 0 Å². The van der Waals surface area contributed by atoms with E-state index in [4.69, 9.17) is 23.2 Å². The Morgan fingerprint density at radius 1 is 1.03 bits per heavy atom. The van der Waals surface area contributed by atoms with Crippen LogP contribution in [0.2, 0.25) is 10.0 Å². The van der Waals surface area contributed by atoms with Crippen LogP contribution in [0, 0.1) is 0 Å². The maximum absolute atomic E-state index is 13.4. The zero-order chi connectivity index (χ0) is 21.5. The van der Waals surface area contributed by atoms with E-state index in [2.05, 4.69) is 15.9 Å². The molecule has 1 amide bonds. The first kappa shape index (κ1) is 21.1. The van der Waals surface area contributed by atoms with Crippen LogP contribution in [0.1, 0.15) is 27.9 Å². The van der Waals surface area contributed by atoms with Crippen LogP contribution in [0.4, 0.5) is 5.69 Å². The number of aliphatic hydroxyl groups is 1. The highest BCUT2D eigenvalue weighted by Gasteiger charge is 2.51. The molecule has 1 aliphatic rings. The monoisotopic (exact) mass is 503 g/mol. The predicted octanol–water partition coefficient (Wildman–Crippen LogP) is 5.76. The minimum Gasteiger partial charge on any atom is -0.375 e. The van der Waals surface area contributed by atoms with Gasteiger partial charge in [0.15, 0.2) is 11.4 Å². The molecule has 1 N–H and O–H groups in total. The summed E-state index contributed by atoms with van der Waals surface area (Å²) in [6.45, 7) is 0.284. The SMILES string of the molecule is O=C(CC1(O)C(=O)N(Cc2ccccc2)c2ccc(Br)cc21)c1ccc(Cl)cc1Cl. The molecular weight excluding hydrogens is 489 g/mol. The number of rotatable bonds is 5. The van der Waals surface area contributed by atoms with Crippen LogP contribution < -0.4 is 4.90 Å². The van der Waals surface area contributed by atoms with E-state index in [0.717, 1.165) is 5.56 Å². The van der Waals surface area contributed by atoms with E-state index in [1.54, 1.807) is 24.3 Å². The number of fused-ring (bicyclic) bond motifs is 1. The Labute approximate surface area is 192 Å². The molecule has 4 nitrogen and oxygen atoms in total. The number of Topliss-reactive ketones (excluding diaryl/α,β-unsaturated/α-hetero) is 1. The summed E-state index contributed by atoms with van der Waals surface area (Å²) in [5, 5.41) is 12.0. The van der Waals surface area contributed by atoms with E-state index in [0.29, 0.717) is 20.7 Å². The number of amides is 1. The molecule has 7 heteroatoms. The van der Waals surface area contributed by atoms with Crippen molar-refractivity contribution in [1.82, 2.24) is 0 Å². The lowest BCUT2D eigenvalue weighted by Crippen LogP contribution is -2.41. The van der Waals surface area contributed by atoms with Crippen molar-refractivity contribution < 1.29 is 14.7 Å². The molecule has 0 aromatic heterocycles. The predicted molar refractivity (Wildman–Crippen MR) is 121 cm³/mol. The van der Waals surface area contributed by atoms with Gasteiger partial charge in [-0.1, -0.05) is 69.5 Å². The van der Waals surface area contributed by atoms with Crippen LogP contribution in [0.15, 0.2) is 71.2 Å². The molecule has 3 aromatic rings. The number of nitrogens with zero attached hydrogens (tertiary/aromatic N) is 1. The lowest BCUT2D eigenvalue weighted by molar-refractivity contribution is -0.136. The van der Waals surface area contributed by atoms with Gasteiger partial charge >= 0.3 is 0 Å². The smallest absolute Gasteiger partial charge is 0.264 e. The van der Waals surface area contributed by atoms with Crippen molar-refractivity contribution in [2.45, 2.75) is 18.6 Å². The molecule has 0 saturated heterocycles. The number of benzene rings is 3. The van der Waals surface area contributed by atoms with E-state index in [-0.39, 0.29) is 17.1 Å². The maximum atomic E-state index is 13.4. The number of halogens is 3. The zero-order valence-corrected chi connectivity index (χ0v) is 18.7. The summed E-state index contributed by atoms with van der Waals surface area (Å²) in [7, 11) is 0. The summed E-state index contributed by atoms with van der Waals surface area (Å²) in [4.78, 5) is 27.8. The molecule has 0 aliphatic carbocycles. The minimum atomic E-state index is -1.99. The second-order valence-electron chi connectivity index (χ2n) is 7.12. The molecule has 1 heterocycles. The lowest BCUT2D eigenvalue weighted by Gasteiger charge is -2.23. The average Bonchev–Trinajstić information content (AvgIpc) is 2.90. The number of anilines is 1. The van der Waals surface area contributed by atoms with Crippen molar-refractivity contribution in [1.29, 1.82) is 0 Å². The summed E-state index contributed by atoms with van der Waals surface area (Å²) in [5.74, 6) is -0.988. The van der Waals surface area contributed by atoms with Crippen molar-refractivity contribution >= 4 is 56.5 Å². The van der Waals surface area contributed by atoms with E-state index < -0.39 is 23.7 Å². The van der Waals surface area contributed by atoms with E-state index >= 15 is 0 Å². The van der Waals surface area contributed by atoms with Crippen molar-refractivity contribution in [2.24, 2.45) is 0 Å². The molecule has 4 rings (SSSR count). The van der Waals surface area contributed by atoms with Gasteiger partial charge in [-0.05, 0) is 42.0 Å². The van der Waals surface area contributed by atoms with Gasteiger partial charge in [-0.2, -0.15) is 0 Å². The van der Waals surface area contributed by atoms with Gasteiger partial charge in [0, 0.05) is 20.6 Å². The van der Waals surface area contributed by atoms with Gasteiger partial charge in [0.05, 0.1) is 23.7 Å². The van der Waals surface area contributed by atoms with E-state index in [1.807, 2.05) is 30.3 Å². The maximum Gasteiger partial charge on any atom is 0.264 e. The molecule has 1 unspecified atom stereocenters. The highest BCUT2D eigenvalue weighted by Crippen LogP contribution is 2.45. The molecule has 0 spiro atoms. The van der Waals surface area contributed by atoms with Crippen LogP contribution in [0.3, 0.4) is 0 Å². The highest BCUT2D eigenvalue weighted by molar-refractivity contribution is 9.10. The van der Waals surface area contributed by atoms with Gasteiger partial charge in [-0.3, -0.25) is 9.59 Å². The van der Waals surface area contributed by atoms with Gasteiger partial charge in [0.2, 0.25) is 0 Å². The zero-order valence-electron chi connectivity index (χ0n) is 15.6. The molecule has 1 atom stereocenters. The number of carbonyl (C=O) groups excluding carboxylic acids is 2. The third-order valence-electron chi connectivity index (χ3n) is 5.13. The summed E-state index contributed by atoms with van der Waals surface area (Å²) in [6.07, 6.45) is -0.429. The third-order valence-corrected chi connectivity index (χ3v) is 6.17. The lowest BCUT2D eigenvalue weighted by atomic mass is 9.88. The Kier molecular flexibility index (Phi) is 5.73. The van der Waals surface area contributed by atoms with Gasteiger partial charge in [-0.25, -0.2) is 0 Å². The fourth-order valence-corrected chi connectivity index (χ4v) is 4.53. The number of hydrogen-bond donors (Lipinski definition) is 1. The van der Waals surface area contributed by atoms with Gasteiger partial charge in [-0.15, -0.1) is 0 Å². The Balaban J connectivity index is 1.72. The first-order valence-corrected chi connectivity index (χ1v) is 10.7. The largest absolute Gasteiger partial charge is 0.375 e. The molecular formula is C23H16BrCl2NO3. The van der Waals surface area contributed by atoms with Crippen molar-refractivity contribution in [3.63, 3.8) is 0 Å². The molecule has 3 aromatic carbocycles. The van der Waals surface area contributed by atoms with Gasteiger partial charge in [0.25, 0.3) is 5.91 Å². The highest BCUT2D eigenvalue weighted by atomic mass is 79.9. The van der Waals surface area contributed by atoms with Crippen molar-refractivity contribution in [3.8, 4) is 0 Å². The fraction of sp³-hybridized carbons (Fsp3) is 0.130. The first-order chi connectivity index (χ1) is 14.3. The average molecular weight is 505 g/mol. The molecule has 0 saturated carbocycles. The summed E-state index contributed by atoms with van der Waals surface area (Å²) >= 11 is 15.5. The van der Waals surface area contributed by atoms with Gasteiger partial charge < -0.3 is 10.0 Å². The Morgan fingerprint density at radius 2 is 1.77 bits per heavy atom. The van der Waals surface area contributed by atoms with Crippen molar-refractivity contribution in [2.75, 3.05) is 4.90 Å². The second-order valence-corrected chi connectivity index (χ2v) is 8.88. The van der Waals surface area contributed by atoms with Crippen LogP contribution >= 0.6 is 39.1 Å². The number of ketones is 1. The van der Waals surface area contributed by atoms with Crippen molar-refractivity contribution in [3.05, 3.63) is 97.9 Å². The van der Waals surface area contributed by atoms with Crippen LogP contribution in [-0.4, -0.2) is 16.8 Å². The molecule has 1 aliphatic heterocycles. The molecule has 152 valence electrons. The summed E-state index contributed by atoms with van der Waals surface area (Å²) < 4.78 is 0.700. The number of hydrogen-bond acceptors (Lipinski definition) is 3. The Bertz CT molecular complexity index is 1150. The number of carbonyl (C=O) groups is 2. The van der Waals surface area contributed by atoms with Crippen LogP contribution in [0.5, 0.6) is 0 Å². The molecule has 0 bridgehead atoms. The van der Waals surface area contributed by atoms with Gasteiger partial charge in [0.1, 0.15) is 0 Å². The first-order valence-electron chi connectivity index (χ1n) is 9.16. The van der Waals surface area contributed by atoms with E-state index in [1.165, 1.54) is 17.0 Å². The summed E-state index contributed by atoms with van der Waals surface area (Å²) in [5.41, 5.74) is 0.0886. The molecule has 0 radical (unpaired) electrons. The Morgan fingerprint density at radius 3 is 2.47 bits per heavy atom. The topological polar surface area (TPSA) is 57.6 Å². The second kappa shape index (κ2) is 8.16. The van der Waals surface area contributed by atoms with E-state index in [9.17, 15) is 14.7 Å². The van der Waals surface area contributed by atoms with Crippen LogP contribution in [-0.2, 0) is 16.9 Å². The summed E-state index contributed by atoms with van der Waals surface area (Å²) in [6, 6.07) is 19.2. The Hall–Kier alpha value is -2.18. The molecule has 30 heavy (non-hydrogen) atoms. The third kappa shape index (κ3) is 3.79. The minimum absolute atomic E-state index is 0.178. The standard InChI is InChI=1S/C23H16BrCl2NO3/c24-15-6-9-20-18(10-15)23(30,12-21(28)17-8-7-16(25)11-19(17)26)22(29)27(20)13-14-4-2-1-3-5-14/h1-11,30H,12-13H2. The fourth-order valence-electron chi connectivity index (χ4n) is 3.66. The quantitative estimate of drug-likeness (QED) is 0.449. The molecule has 0 fully saturated rings. The normalized spacial score (nSPS) is 17.9.